The first-order valence-corrected chi connectivity index (χ1v) is 10.4. The van der Waals surface area contributed by atoms with E-state index in [1.807, 2.05) is 32.7 Å². The molecule has 2 heterocycles. The normalized spacial score (nSPS) is 15.6. The Morgan fingerprint density at radius 1 is 1.09 bits per heavy atom. The van der Waals surface area contributed by atoms with Gasteiger partial charge in [-0.1, -0.05) is 20.8 Å². The highest BCUT2D eigenvalue weighted by molar-refractivity contribution is 5.97. The first kappa shape index (κ1) is 23.8. The lowest BCUT2D eigenvalue weighted by Gasteiger charge is -2.29. The number of aromatic nitrogens is 2. The van der Waals surface area contributed by atoms with Gasteiger partial charge in [-0.05, 0) is 31.5 Å². The molecule has 0 aliphatic carbocycles. The van der Waals surface area contributed by atoms with Gasteiger partial charge in [-0.25, -0.2) is 18.2 Å². The van der Waals surface area contributed by atoms with Crippen LogP contribution in [0.4, 0.5) is 13.2 Å². The Labute approximate surface area is 185 Å². The fourth-order valence-corrected chi connectivity index (χ4v) is 3.82. The summed E-state index contributed by atoms with van der Waals surface area (Å²) in [5.41, 5.74) is -0.271. The summed E-state index contributed by atoms with van der Waals surface area (Å²) < 4.78 is 43.6. The molecule has 0 saturated carbocycles. The van der Waals surface area contributed by atoms with Gasteiger partial charge >= 0.3 is 0 Å². The number of nitrogens with one attached hydrogen (secondary N) is 2. The highest BCUT2D eigenvalue weighted by atomic mass is 19.2. The zero-order valence-corrected chi connectivity index (χ0v) is 18.9. The molecule has 0 bridgehead atoms. The summed E-state index contributed by atoms with van der Waals surface area (Å²) in [4.78, 5) is 32.0. The van der Waals surface area contributed by atoms with E-state index in [2.05, 4.69) is 15.6 Å². The molecule has 1 aliphatic heterocycles. The van der Waals surface area contributed by atoms with Crippen molar-refractivity contribution in [2.75, 3.05) is 20.6 Å². The largest absolute Gasteiger partial charge is 0.357 e. The Balaban J connectivity index is 2.12. The van der Waals surface area contributed by atoms with Crippen molar-refractivity contribution in [3.8, 4) is 11.4 Å². The van der Waals surface area contributed by atoms with Gasteiger partial charge in [-0.2, -0.15) is 0 Å². The molecule has 32 heavy (non-hydrogen) atoms. The van der Waals surface area contributed by atoms with E-state index >= 15 is 0 Å². The van der Waals surface area contributed by atoms with Crippen molar-refractivity contribution < 1.29 is 22.8 Å². The van der Waals surface area contributed by atoms with Crippen LogP contribution in [-0.4, -0.2) is 52.9 Å². The number of fused-ring (bicyclic) bond motifs is 1. The molecule has 1 aliphatic rings. The quantitative estimate of drug-likeness (QED) is 0.701. The van der Waals surface area contributed by atoms with Crippen molar-refractivity contribution in [1.29, 1.82) is 0 Å². The van der Waals surface area contributed by atoms with E-state index < -0.39 is 34.8 Å². The smallest absolute Gasteiger partial charge is 0.272 e. The molecule has 0 radical (unpaired) electrons. The summed E-state index contributed by atoms with van der Waals surface area (Å²) in [6.45, 7) is 6.95. The Morgan fingerprint density at radius 2 is 1.75 bits per heavy atom. The van der Waals surface area contributed by atoms with Crippen LogP contribution >= 0.6 is 0 Å². The topological polar surface area (TPSA) is 79.3 Å². The summed E-state index contributed by atoms with van der Waals surface area (Å²) in [5, 5.41) is 5.28. The molecule has 1 aromatic carbocycles. The SMILES string of the molecule is CNC(=O)[C@@H](NC(=O)c1nc(-c2cc(F)c(F)cc2F)n2c1CN(C)CCC2)C(C)(C)C. The summed E-state index contributed by atoms with van der Waals surface area (Å²) >= 11 is 0. The number of amides is 2. The van der Waals surface area contributed by atoms with Crippen LogP contribution in [0.3, 0.4) is 0 Å². The molecule has 0 fully saturated rings. The summed E-state index contributed by atoms with van der Waals surface area (Å²) in [5.74, 6) is -4.39. The van der Waals surface area contributed by atoms with Gasteiger partial charge in [0.05, 0.1) is 11.3 Å². The summed E-state index contributed by atoms with van der Waals surface area (Å²) in [7, 11) is 3.36. The van der Waals surface area contributed by atoms with E-state index in [1.54, 1.807) is 4.57 Å². The minimum atomic E-state index is -1.30. The van der Waals surface area contributed by atoms with Crippen LogP contribution in [0.1, 0.15) is 43.4 Å². The van der Waals surface area contributed by atoms with E-state index in [0.29, 0.717) is 31.3 Å². The molecule has 3 rings (SSSR count). The predicted octanol–water partition coefficient (Wildman–Crippen LogP) is 2.69. The first-order chi connectivity index (χ1) is 14.9. The molecule has 7 nitrogen and oxygen atoms in total. The molecule has 174 valence electrons. The molecular formula is C22H28F3N5O2. The van der Waals surface area contributed by atoms with E-state index in [9.17, 15) is 22.8 Å². The first-order valence-electron chi connectivity index (χ1n) is 10.4. The van der Waals surface area contributed by atoms with E-state index in [4.69, 9.17) is 0 Å². The molecule has 2 aromatic rings. The van der Waals surface area contributed by atoms with Gasteiger partial charge in [0, 0.05) is 26.2 Å². The molecule has 1 atom stereocenters. The number of carbonyl (C=O) groups is 2. The summed E-state index contributed by atoms with van der Waals surface area (Å²) in [6.07, 6.45) is 0.696. The Morgan fingerprint density at radius 3 is 2.38 bits per heavy atom. The number of hydrogen-bond acceptors (Lipinski definition) is 4. The van der Waals surface area contributed by atoms with Crippen molar-refractivity contribution in [3.05, 3.63) is 41.0 Å². The van der Waals surface area contributed by atoms with Gasteiger partial charge in [-0.3, -0.25) is 9.59 Å². The van der Waals surface area contributed by atoms with Gasteiger partial charge in [0.25, 0.3) is 5.91 Å². The van der Waals surface area contributed by atoms with Gasteiger partial charge in [-0.15, -0.1) is 0 Å². The van der Waals surface area contributed by atoms with Crippen LogP contribution < -0.4 is 10.6 Å². The second-order valence-electron chi connectivity index (χ2n) is 9.11. The standard InChI is InChI=1S/C22H28F3N5O2/c1-22(2,3)18(21(32)26-4)28-20(31)17-16-11-29(5)7-6-8-30(16)19(27-17)12-9-14(24)15(25)10-13(12)23/h9-10,18H,6-8,11H2,1-5H3,(H,26,32)(H,28,31)/t18-/m1/s1. The zero-order chi connectivity index (χ0) is 23.8. The molecule has 10 heteroatoms. The fourth-order valence-electron chi connectivity index (χ4n) is 3.82. The molecule has 1 aromatic heterocycles. The Bertz CT molecular complexity index is 1050. The molecule has 0 spiro atoms. The molecule has 0 saturated heterocycles. The zero-order valence-electron chi connectivity index (χ0n) is 18.9. The maximum atomic E-state index is 14.6. The monoisotopic (exact) mass is 451 g/mol. The second-order valence-corrected chi connectivity index (χ2v) is 9.11. The maximum absolute atomic E-state index is 14.6. The van der Waals surface area contributed by atoms with Gasteiger partial charge in [0.15, 0.2) is 17.3 Å². The number of benzene rings is 1. The average molecular weight is 451 g/mol. The predicted molar refractivity (Wildman–Crippen MR) is 113 cm³/mol. The van der Waals surface area contributed by atoms with Crippen molar-refractivity contribution in [3.63, 3.8) is 0 Å². The number of imidazole rings is 1. The van der Waals surface area contributed by atoms with E-state index in [0.717, 1.165) is 12.6 Å². The third kappa shape index (κ3) is 4.64. The van der Waals surface area contributed by atoms with Crippen LogP contribution in [0.2, 0.25) is 0 Å². The highest BCUT2D eigenvalue weighted by Gasteiger charge is 2.35. The molecule has 2 amide bonds. The van der Waals surface area contributed by atoms with Crippen molar-refractivity contribution >= 4 is 11.8 Å². The minimum Gasteiger partial charge on any atom is -0.357 e. The van der Waals surface area contributed by atoms with Crippen LogP contribution in [0, 0.1) is 22.9 Å². The van der Waals surface area contributed by atoms with Gasteiger partial charge < -0.3 is 20.1 Å². The van der Waals surface area contributed by atoms with Crippen LogP contribution in [0.25, 0.3) is 11.4 Å². The van der Waals surface area contributed by atoms with Crippen molar-refractivity contribution in [1.82, 2.24) is 25.1 Å². The van der Waals surface area contributed by atoms with Gasteiger partial charge in [0.1, 0.15) is 17.7 Å². The average Bonchev–Trinajstić information content (AvgIpc) is 2.93. The van der Waals surface area contributed by atoms with E-state index in [-0.39, 0.29) is 23.0 Å². The van der Waals surface area contributed by atoms with Gasteiger partial charge in [0.2, 0.25) is 5.91 Å². The number of hydrogen-bond donors (Lipinski definition) is 2. The number of nitrogens with zero attached hydrogens (tertiary/aromatic N) is 3. The molecule has 2 N–H and O–H groups in total. The highest BCUT2D eigenvalue weighted by Crippen LogP contribution is 2.30. The Kier molecular flexibility index (Phi) is 6.64. The maximum Gasteiger partial charge on any atom is 0.272 e. The Hall–Kier alpha value is -2.88. The van der Waals surface area contributed by atoms with Crippen LogP contribution in [0.5, 0.6) is 0 Å². The third-order valence-electron chi connectivity index (χ3n) is 5.53. The lowest BCUT2D eigenvalue weighted by Crippen LogP contribution is -2.53. The van der Waals surface area contributed by atoms with E-state index in [1.165, 1.54) is 7.05 Å². The van der Waals surface area contributed by atoms with Crippen molar-refractivity contribution in [2.24, 2.45) is 5.41 Å². The minimum absolute atomic E-state index is 0.0241. The second kappa shape index (κ2) is 8.93. The van der Waals surface area contributed by atoms with Crippen molar-refractivity contribution in [2.45, 2.75) is 46.3 Å². The lowest BCUT2D eigenvalue weighted by molar-refractivity contribution is -0.124. The van der Waals surface area contributed by atoms with Crippen LogP contribution in [0.15, 0.2) is 12.1 Å². The summed E-state index contributed by atoms with van der Waals surface area (Å²) in [6, 6.07) is 0.374. The third-order valence-corrected chi connectivity index (χ3v) is 5.53. The number of carbonyl (C=O) groups excluding carboxylic acids is 2. The lowest BCUT2D eigenvalue weighted by atomic mass is 9.86. The molecule has 0 unspecified atom stereocenters. The number of likely N-dealkylation sites (N-methyl/N-ethyl adjacent to an activating group) is 1. The number of halogens is 3. The van der Waals surface area contributed by atoms with Crippen LogP contribution in [-0.2, 0) is 17.9 Å². The number of rotatable bonds is 4. The fraction of sp³-hybridized carbons (Fsp3) is 0.500. The molecular weight excluding hydrogens is 423 g/mol.